The molecule has 0 atom stereocenters. The topological polar surface area (TPSA) is 96.5 Å². The van der Waals surface area contributed by atoms with Crippen molar-refractivity contribution in [1.82, 2.24) is 25.1 Å². The van der Waals surface area contributed by atoms with Crippen molar-refractivity contribution in [3.63, 3.8) is 0 Å². The molecular formula is C11H14N6O. The van der Waals surface area contributed by atoms with Gasteiger partial charge in [0.2, 0.25) is 11.8 Å². The van der Waals surface area contributed by atoms with Crippen LogP contribution in [0.5, 0.6) is 0 Å². The minimum absolute atomic E-state index is 0.0763. The van der Waals surface area contributed by atoms with Crippen molar-refractivity contribution in [2.75, 3.05) is 5.32 Å². The number of H-pyrrole nitrogens is 1. The molecule has 18 heavy (non-hydrogen) atoms. The zero-order valence-corrected chi connectivity index (χ0v) is 10.4. The van der Waals surface area contributed by atoms with Gasteiger partial charge in [0.05, 0.1) is 0 Å². The second-order valence-electron chi connectivity index (χ2n) is 4.78. The highest BCUT2D eigenvalue weighted by atomic mass is 16.2. The molecule has 0 saturated carbocycles. The third-order valence-electron chi connectivity index (χ3n) is 2.19. The zero-order chi connectivity index (χ0) is 13.2. The number of aromatic amines is 1. The van der Waals surface area contributed by atoms with E-state index in [9.17, 15) is 4.79 Å². The lowest BCUT2D eigenvalue weighted by Gasteiger charge is -2.12. The third kappa shape index (κ3) is 2.68. The average Bonchev–Trinajstić information content (AvgIpc) is 2.79. The molecule has 2 N–H and O–H groups in total. The maximum atomic E-state index is 11.8. The van der Waals surface area contributed by atoms with Gasteiger partial charge in [0.1, 0.15) is 5.82 Å². The molecule has 0 aliphatic heterocycles. The average molecular weight is 246 g/mol. The summed E-state index contributed by atoms with van der Waals surface area (Å²) in [6.45, 7) is 5.94. The van der Waals surface area contributed by atoms with Gasteiger partial charge < -0.3 is 0 Å². The van der Waals surface area contributed by atoms with Crippen LogP contribution < -0.4 is 5.32 Å². The first kappa shape index (κ1) is 12.2. The van der Waals surface area contributed by atoms with Crippen LogP contribution in [0.1, 0.15) is 37.2 Å². The Labute approximate surface area is 104 Å². The quantitative estimate of drug-likeness (QED) is 0.828. The molecule has 7 heteroatoms. The summed E-state index contributed by atoms with van der Waals surface area (Å²) in [6, 6.07) is 1.67. The molecule has 2 rings (SSSR count). The lowest BCUT2D eigenvalue weighted by atomic mass is 9.96. The maximum absolute atomic E-state index is 11.8. The second-order valence-corrected chi connectivity index (χ2v) is 4.78. The molecule has 0 aliphatic rings. The standard InChI is InChI=1S/C11H14N6O/c1-11(2,3)9-14-7(16-17-9)8(18)15-10-12-5-4-6-13-10/h4-6H,1-3H3,(H,14,16,17)(H,12,13,15,18). The zero-order valence-electron chi connectivity index (χ0n) is 10.4. The van der Waals surface area contributed by atoms with Gasteiger partial charge in [-0.1, -0.05) is 20.8 Å². The molecule has 94 valence electrons. The van der Waals surface area contributed by atoms with Gasteiger partial charge in [-0.3, -0.25) is 15.2 Å². The summed E-state index contributed by atoms with van der Waals surface area (Å²) in [5.74, 6) is 0.520. The predicted octanol–water partition coefficient (Wildman–Crippen LogP) is 1.14. The lowest BCUT2D eigenvalue weighted by molar-refractivity contribution is 0.101. The maximum Gasteiger partial charge on any atom is 0.297 e. The number of carbonyl (C=O) groups excluding carboxylic acids is 1. The van der Waals surface area contributed by atoms with E-state index in [4.69, 9.17) is 0 Å². The van der Waals surface area contributed by atoms with Crippen LogP contribution >= 0.6 is 0 Å². The summed E-state index contributed by atoms with van der Waals surface area (Å²) >= 11 is 0. The van der Waals surface area contributed by atoms with E-state index in [1.54, 1.807) is 18.5 Å². The molecule has 0 bridgehead atoms. The van der Waals surface area contributed by atoms with Crippen molar-refractivity contribution in [3.05, 3.63) is 30.1 Å². The number of hydrogen-bond acceptors (Lipinski definition) is 5. The van der Waals surface area contributed by atoms with E-state index in [0.29, 0.717) is 5.82 Å². The van der Waals surface area contributed by atoms with Crippen molar-refractivity contribution in [2.45, 2.75) is 26.2 Å². The molecular weight excluding hydrogens is 232 g/mol. The van der Waals surface area contributed by atoms with Gasteiger partial charge in [-0.25, -0.2) is 15.0 Å². The smallest absolute Gasteiger partial charge is 0.288 e. The minimum Gasteiger partial charge on any atom is -0.288 e. The van der Waals surface area contributed by atoms with E-state index in [2.05, 4.69) is 30.5 Å². The normalized spacial score (nSPS) is 11.3. The summed E-state index contributed by atoms with van der Waals surface area (Å²) in [4.78, 5) is 23.7. The van der Waals surface area contributed by atoms with Crippen molar-refractivity contribution in [3.8, 4) is 0 Å². The van der Waals surface area contributed by atoms with Crippen LogP contribution in [0, 0.1) is 0 Å². The number of nitrogens with zero attached hydrogens (tertiary/aromatic N) is 4. The fourth-order valence-corrected chi connectivity index (χ4v) is 1.22. The monoisotopic (exact) mass is 246 g/mol. The highest BCUT2D eigenvalue weighted by Gasteiger charge is 2.21. The van der Waals surface area contributed by atoms with E-state index < -0.39 is 5.91 Å². The van der Waals surface area contributed by atoms with Crippen molar-refractivity contribution in [2.24, 2.45) is 0 Å². The molecule has 0 aliphatic carbocycles. The Morgan fingerprint density at radius 1 is 1.28 bits per heavy atom. The van der Waals surface area contributed by atoms with Gasteiger partial charge >= 0.3 is 0 Å². The first-order valence-corrected chi connectivity index (χ1v) is 5.48. The third-order valence-corrected chi connectivity index (χ3v) is 2.19. The van der Waals surface area contributed by atoms with Crippen LogP contribution in [0.15, 0.2) is 18.5 Å². The number of amides is 1. The fraction of sp³-hybridized carbons (Fsp3) is 0.364. The Balaban J connectivity index is 2.13. The molecule has 2 heterocycles. The second kappa shape index (κ2) is 4.52. The molecule has 2 aromatic heterocycles. The minimum atomic E-state index is -0.437. The Hall–Kier alpha value is -2.31. The molecule has 0 saturated heterocycles. The van der Waals surface area contributed by atoms with Crippen molar-refractivity contribution < 1.29 is 4.79 Å². The summed E-state index contributed by atoms with van der Waals surface area (Å²) in [5.41, 5.74) is -0.186. The van der Waals surface area contributed by atoms with Crippen LogP contribution in [-0.2, 0) is 5.41 Å². The van der Waals surface area contributed by atoms with Crippen LogP contribution in [0.3, 0.4) is 0 Å². The Kier molecular flexibility index (Phi) is 3.05. The van der Waals surface area contributed by atoms with Crippen LogP contribution in [-0.4, -0.2) is 31.1 Å². The summed E-state index contributed by atoms with van der Waals surface area (Å²) < 4.78 is 0. The molecule has 1 amide bonds. The number of carbonyl (C=O) groups is 1. The van der Waals surface area contributed by atoms with Crippen LogP contribution in [0.4, 0.5) is 5.95 Å². The Bertz CT molecular complexity index is 542. The van der Waals surface area contributed by atoms with Crippen LogP contribution in [0.25, 0.3) is 0 Å². The molecule has 0 aromatic carbocycles. The van der Waals surface area contributed by atoms with Gasteiger partial charge in [-0.05, 0) is 6.07 Å². The van der Waals surface area contributed by atoms with Gasteiger partial charge in [0.25, 0.3) is 5.91 Å². The Morgan fingerprint density at radius 2 is 1.94 bits per heavy atom. The fourth-order valence-electron chi connectivity index (χ4n) is 1.22. The molecule has 2 aromatic rings. The summed E-state index contributed by atoms with van der Waals surface area (Å²) in [6.07, 6.45) is 3.09. The number of nitrogens with one attached hydrogen (secondary N) is 2. The molecule has 0 unspecified atom stereocenters. The predicted molar refractivity (Wildman–Crippen MR) is 65.1 cm³/mol. The number of aromatic nitrogens is 5. The summed E-state index contributed by atoms with van der Waals surface area (Å²) in [5, 5.41) is 9.14. The molecule has 7 nitrogen and oxygen atoms in total. The van der Waals surface area contributed by atoms with Crippen molar-refractivity contribution in [1.29, 1.82) is 0 Å². The van der Waals surface area contributed by atoms with E-state index in [1.165, 1.54) is 0 Å². The SMILES string of the molecule is CC(C)(C)c1nc(C(=O)Nc2ncccn2)n[nH]1. The first-order valence-electron chi connectivity index (χ1n) is 5.48. The van der Waals surface area contributed by atoms with Gasteiger partial charge in [0.15, 0.2) is 0 Å². The van der Waals surface area contributed by atoms with Gasteiger partial charge in [-0.15, -0.1) is 5.10 Å². The molecule has 0 radical (unpaired) electrons. The van der Waals surface area contributed by atoms with Crippen LogP contribution in [0.2, 0.25) is 0 Å². The van der Waals surface area contributed by atoms with Gasteiger partial charge in [0, 0.05) is 17.8 Å². The number of anilines is 1. The molecule has 0 fully saturated rings. The molecule has 0 spiro atoms. The van der Waals surface area contributed by atoms with E-state index in [0.717, 1.165) is 0 Å². The highest BCUT2D eigenvalue weighted by molar-refractivity contribution is 6.00. The van der Waals surface area contributed by atoms with E-state index >= 15 is 0 Å². The number of hydrogen-bond donors (Lipinski definition) is 2. The first-order chi connectivity index (χ1) is 8.47. The largest absolute Gasteiger partial charge is 0.297 e. The van der Waals surface area contributed by atoms with Gasteiger partial charge in [-0.2, -0.15) is 0 Å². The lowest BCUT2D eigenvalue weighted by Crippen LogP contribution is -2.17. The van der Waals surface area contributed by atoms with Crippen molar-refractivity contribution >= 4 is 11.9 Å². The number of rotatable bonds is 2. The Morgan fingerprint density at radius 3 is 2.50 bits per heavy atom. The van der Waals surface area contributed by atoms with E-state index in [1.807, 2.05) is 20.8 Å². The highest BCUT2D eigenvalue weighted by Crippen LogP contribution is 2.17. The van der Waals surface area contributed by atoms with E-state index in [-0.39, 0.29) is 17.2 Å². The summed E-state index contributed by atoms with van der Waals surface area (Å²) in [7, 11) is 0.